The van der Waals surface area contributed by atoms with Crippen molar-refractivity contribution in [3.63, 3.8) is 0 Å². The van der Waals surface area contributed by atoms with Crippen LogP contribution < -0.4 is 0 Å². The van der Waals surface area contributed by atoms with Crippen molar-refractivity contribution < 1.29 is 9.53 Å². The van der Waals surface area contributed by atoms with Gasteiger partial charge in [0.2, 0.25) is 0 Å². The van der Waals surface area contributed by atoms with Crippen LogP contribution in [0.25, 0.3) is 0 Å². The van der Waals surface area contributed by atoms with Gasteiger partial charge in [0.1, 0.15) is 5.01 Å². The molecule has 0 spiro atoms. The van der Waals surface area contributed by atoms with Crippen LogP contribution in [-0.2, 0) is 22.7 Å². The molecule has 2 rings (SSSR count). The Hall–Kier alpha value is -1.28. The lowest BCUT2D eigenvalue weighted by Crippen LogP contribution is -2.32. The van der Waals surface area contributed by atoms with Gasteiger partial charge in [-0.2, -0.15) is 5.10 Å². The summed E-state index contributed by atoms with van der Waals surface area (Å²) in [6.07, 6.45) is 0. The standard InChI is InChI=1S/C14H16ClN3O2S2/c1-10-16-18(14(21)22-10)9-17(8-13(19)20-2)7-11-3-5-12(15)6-4-11/h3-6H,7-9H2,1-2H3. The molecule has 0 radical (unpaired) electrons. The highest BCUT2D eigenvalue weighted by Gasteiger charge is 2.14. The molecule has 22 heavy (non-hydrogen) atoms. The number of aromatic nitrogens is 2. The average molecular weight is 358 g/mol. The quantitative estimate of drug-likeness (QED) is 0.586. The maximum absolute atomic E-state index is 11.6. The predicted molar refractivity (Wildman–Crippen MR) is 89.6 cm³/mol. The molecule has 1 heterocycles. The lowest BCUT2D eigenvalue weighted by atomic mass is 10.2. The molecule has 118 valence electrons. The van der Waals surface area contributed by atoms with Crippen LogP contribution in [0, 0.1) is 10.9 Å². The Morgan fingerprint density at radius 3 is 2.68 bits per heavy atom. The second-order valence-electron chi connectivity index (χ2n) is 4.72. The fourth-order valence-corrected chi connectivity index (χ4v) is 3.12. The summed E-state index contributed by atoms with van der Waals surface area (Å²) in [5.74, 6) is -0.299. The Kier molecular flexibility index (Phi) is 6.07. The molecule has 0 aliphatic heterocycles. The Morgan fingerprint density at radius 1 is 1.45 bits per heavy atom. The molecule has 0 atom stereocenters. The maximum Gasteiger partial charge on any atom is 0.319 e. The monoisotopic (exact) mass is 357 g/mol. The summed E-state index contributed by atoms with van der Waals surface area (Å²) in [6, 6.07) is 7.51. The van der Waals surface area contributed by atoms with Gasteiger partial charge >= 0.3 is 5.97 Å². The van der Waals surface area contributed by atoms with E-state index < -0.39 is 0 Å². The first-order valence-electron chi connectivity index (χ1n) is 6.56. The van der Waals surface area contributed by atoms with E-state index in [2.05, 4.69) is 5.10 Å². The van der Waals surface area contributed by atoms with Crippen LogP contribution in [0.1, 0.15) is 10.6 Å². The number of hydrogen-bond donors (Lipinski definition) is 0. The van der Waals surface area contributed by atoms with Crippen LogP contribution in [0.2, 0.25) is 5.02 Å². The number of halogens is 1. The lowest BCUT2D eigenvalue weighted by Gasteiger charge is -2.21. The molecule has 0 saturated heterocycles. The van der Waals surface area contributed by atoms with Crippen molar-refractivity contribution in [1.82, 2.24) is 14.7 Å². The third kappa shape index (κ3) is 4.88. The molecule has 1 aromatic heterocycles. The van der Waals surface area contributed by atoms with Gasteiger partial charge in [0.15, 0.2) is 3.95 Å². The van der Waals surface area contributed by atoms with Crippen LogP contribution in [0.4, 0.5) is 0 Å². The van der Waals surface area contributed by atoms with Crippen molar-refractivity contribution in [2.45, 2.75) is 20.1 Å². The summed E-state index contributed by atoms with van der Waals surface area (Å²) < 4.78 is 7.16. The highest BCUT2D eigenvalue weighted by Crippen LogP contribution is 2.13. The number of nitrogens with zero attached hydrogens (tertiary/aromatic N) is 3. The van der Waals surface area contributed by atoms with Crippen molar-refractivity contribution in [2.24, 2.45) is 0 Å². The van der Waals surface area contributed by atoms with E-state index in [0.717, 1.165) is 10.6 Å². The summed E-state index contributed by atoms with van der Waals surface area (Å²) in [6.45, 7) is 3.07. The SMILES string of the molecule is COC(=O)CN(Cc1ccc(Cl)cc1)Cn1nc(C)sc1=S. The molecule has 2 aromatic rings. The normalized spacial score (nSPS) is 10.9. The highest BCUT2D eigenvalue weighted by atomic mass is 35.5. The topological polar surface area (TPSA) is 47.4 Å². The Morgan fingerprint density at radius 2 is 2.14 bits per heavy atom. The first kappa shape index (κ1) is 17.1. The number of rotatable bonds is 6. The summed E-state index contributed by atoms with van der Waals surface area (Å²) in [4.78, 5) is 13.5. The molecule has 0 aliphatic carbocycles. The zero-order valence-electron chi connectivity index (χ0n) is 12.3. The summed E-state index contributed by atoms with van der Waals surface area (Å²) in [5.41, 5.74) is 1.05. The van der Waals surface area contributed by atoms with Crippen molar-refractivity contribution >= 4 is 41.1 Å². The molecule has 0 bridgehead atoms. The van der Waals surface area contributed by atoms with Gasteiger partial charge in [-0.3, -0.25) is 9.69 Å². The van der Waals surface area contributed by atoms with Gasteiger partial charge in [0, 0.05) is 11.6 Å². The first-order valence-corrected chi connectivity index (χ1v) is 8.16. The lowest BCUT2D eigenvalue weighted by molar-refractivity contribution is -0.142. The van der Waals surface area contributed by atoms with Gasteiger partial charge in [-0.15, -0.1) is 0 Å². The second-order valence-corrected chi connectivity index (χ2v) is 6.98. The van der Waals surface area contributed by atoms with E-state index in [1.54, 1.807) is 4.68 Å². The van der Waals surface area contributed by atoms with E-state index in [1.807, 2.05) is 36.1 Å². The number of esters is 1. The van der Waals surface area contributed by atoms with E-state index in [4.69, 9.17) is 28.6 Å². The molecule has 0 aliphatic rings. The molecule has 8 heteroatoms. The number of ether oxygens (including phenoxy) is 1. The second kappa shape index (κ2) is 7.82. The van der Waals surface area contributed by atoms with E-state index in [9.17, 15) is 4.79 Å². The van der Waals surface area contributed by atoms with Crippen LogP contribution in [0.15, 0.2) is 24.3 Å². The molecular formula is C14H16ClN3O2S2. The Balaban J connectivity index is 2.14. The van der Waals surface area contributed by atoms with Gasteiger partial charge in [-0.1, -0.05) is 35.1 Å². The molecule has 0 N–H and O–H groups in total. The molecule has 0 saturated carbocycles. The minimum absolute atomic E-state index is 0.164. The van der Waals surface area contributed by atoms with Crippen LogP contribution >= 0.6 is 35.2 Å². The van der Waals surface area contributed by atoms with Crippen molar-refractivity contribution in [3.8, 4) is 0 Å². The van der Waals surface area contributed by atoms with Gasteiger partial charge in [-0.05, 0) is 36.8 Å². The predicted octanol–water partition coefficient (Wildman–Crippen LogP) is 3.27. The minimum Gasteiger partial charge on any atom is -0.468 e. The molecular weight excluding hydrogens is 342 g/mol. The fourth-order valence-electron chi connectivity index (χ4n) is 1.94. The van der Waals surface area contributed by atoms with Crippen molar-refractivity contribution in [2.75, 3.05) is 13.7 Å². The van der Waals surface area contributed by atoms with Crippen molar-refractivity contribution in [3.05, 3.63) is 43.8 Å². The number of hydrogen-bond acceptors (Lipinski definition) is 6. The van der Waals surface area contributed by atoms with Gasteiger partial charge < -0.3 is 4.74 Å². The number of carbonyl (C=O) groups excluding carboxylic acids is 1. The number of methoxy groups -OCH3 is 1. The number of aryl methyl sites for hydroxylation is 1. The smallest absolute Gasteiger partial charge is 0.319 e. The summed E-state index contributed by atoms with van der Waals surface area (Å²) in [5, 5.41) is 5.93. The number of benzene rings is 1. The average Bonchev–Trinajstić information content (AvgIpc) is 2.79. The maximum atomic E-state index is 11.6. The largest absolute Gasteiger partial charge is 0.468 e. The van der Waals surface area contributed by atoms with Crippen molar-refractivity contribution in [1.29, 1.82) is 0 Å². The number of carbonyl (C=O) groups is 1. The van der Waals surface area contributed by atoms with Crippen LogP contribution in [0.5, 0.6) is 0 Å². The van der Waals surface area contributed by atoms with E-state index in [-0.39, 0.29) is 12.5 Å². The zero-order valence-corrected chi connectivity index (χ0v) is 14.7. The summed E-state index contributed by atoms with van der Waals surface area (Å²) in [7, 11) is 1.38. The van der Waals surface area contributed by atoms with E-state index in [0.29, 0.717) is 22.2 Å². The molecule has 0 unspecified atom stereocenters. The zero-order chi connectivity index (χ0) is 16.1. The third-order valence-corrected chi connectivity index (χ3v) is 4.42. The minimum atomic E-state index is -0.299. The Bertz CT molecular complexity index is 697. The van der Waals surface area contributed by atoms with Gasteiger partial charge in [0.25, 0.3) is 0 Å². The molecule has 0 amide bonds. The summed E-state index contributed by atoms with van der Waals surface area (Å²) >= 11 is 12.6. The van der Waals surface area contributed by atoms with Gasteiger partial charge in [0.05, 0.1) is 20.3 Å². The molecule has 1 aromatic carbocycles. The van der Waals surface area contributed by atoms with E-state index in [1.165, 1.54) is 18.4 Å². The molecule has 5 nitrogen and oxygen atoms in total. The third-order valence-electron chi connectivity index (χ3n) is 2.94. The first-order chi connectivity index (χ1) is 10.5. The van der Waals surface area contributed by atoms with Crippen LogP contribution in [-0.4, -0.2) is 34.3 Å². The Labute approximate surface area is 143 Å². The highest BCUT2D eigenvalue weighted by molar-refractivity contribution is 7.73. The van der Waals surface area contributed by atoms with Gasteiger partial charge in [-0.25, -0.2) is 4.68 Å². The van der Waals surface area contributed by atoms with E-state index >= 15 is 0 Å². The molecule has 0 fully saturated rings. The fraction of sp³-hybridized carbons (Fsp3) is 0.357. The van der Waals surface area contributed by atoms with Crippen LogP contribution in [0.3, 0.4) is 0 Å².